The molecule has 1 aromatic heterocycles. The summed E-state index contributed by atoms with van der Waals surface area (Å²) in [5.41, 5.74) is 6.95. The lowest BCUT2D eigenvalue weighted by Crippen LogP contribution is -2.37. The van der Waals surface area contributed by atoms with Crippen LogP contribution in [0.1, 0.15) is 51.7 Å². The van der Waals surface area contributed by atoms with E-state index in [0.717, 1.165) is 32.2 Å². The number of hydrogen-bond acceptors (Lipinski definition) is 5. The molecule has 0 saturated carbocycles. The van der Waals surface area contributed by atoms with E-state index in [1.54, 1.807) is 10.6 Å². The fourth-order valence-electron chi connectivity index (χ4n) is 7.17. The number of morpholine rings is 1. The van der Waals surface area contributed by atoms with Gasteiger partial charge in [0.1, 0.15) is 0 Å². The molecule has 4 unspecified atom stereocenters. The third-order valence-corrected chi connectivity index (χ3v) is 9.16. The van der Waals surface area contributed by atoms with Gasteiger partial charge in [0.25, 0.3) is 0 Å². The zero-order valence-electron chi connectivity index (χ0n) is 25.3. The van der Waals surface area contributed by atoms with Crippen LogP contribution in [0.5, 0.6) is 0 Å². The number of rotatable bonds is 4. The standard InChI is InChI=1S/C17H22N2O.C15H20N2O.C2H6/c1-18-12-13-10-16(17(18)11-13)14-2-4-15(5-3-14)19-6-8-20-9-7-19;1-10(2)17-8-11-6-13(14(17)7-11)12-4-5-15(18)16(3)9-12;1-2/h2-5,10,13,17H,6-9,11-12H2,1H3;4-6,9-11,14H,7-8H2,1-3H3;1-2H3. The third kappa shape index (κ3) is 5.86. The molecule has 4 atom stereocenters. The van der Waals surface area contributed by atoms with Gasteiger partial charge in [0.05, 0.1) is 13.2 Å². The number of benzene rings is 1. The van der Waals surface area contributed by atoms with E-state index in [2.05, 4.69) is 72.0 Å². The number of likely N-dealkylation sites (tertiary alicyclic amines) is 2. The van der Waals surface area contributed by atoms with Crippen LogP contribution in [0.2, 0.25) is 0 Å². The molecule has 4 bridgehead atoms. The van der Waals surface area contributed by atoms with E-state index in [4.69, 9.17) is 4.74 Å². The average molecular weight is 545 g/mol. The molecule has 2 aliphatic carbocycles. The minimum Gasteiger partial charge on any atom is -0.378 e. The van der Waals surface area contributed by atoms with Crippen LogP contribution in [0.3, 0.4) is 0 Å². The lowest BCUT2D eigenvalue weighted by molar-refractivity contribution is 0.122. The molecular weight excluding hydrogens is 496 g/mol. The topological polar surface area (TPSA) is 41.0 Å². The van der Waals surface area contributed by atoms with E-state index in [1.165, 1.54) is 53.9 Å². The van der Waals surface area contributed by atoms with E-state index in [0.29, 0.717) is 24.0 Å². The zero-order chi connectivity index (χ0) is 28.4. The number of likely N-dealkylation sites (N-methyl/N-ethyl adjacent to an activating group) is 1. The van der Waals surface area contributed by atoms with E-state index < -0.39 is 0 Å². The highest BCUT2D eigenvalue weighted by atomic mass is 16.5. The van der Waals surface area contributed by atoms with Crippen molar-refractivity contribution < 1.29 is 4.74 Å². The molecule has 0 amide bonds. The van der Waals surface area contributed by atoms with Crippen molar-refractivity contribution in [1.82, 2.24) is 14.4 Å². The molecule has 0 N–H and O–H groups in total. The van der Waals surface area contributed by atoms with Crippen molar-refractivity contribution in [3.63, 3.8) is 0 Å². The second-order valence-electron chi connectivity index (χ2n) is 12.0. The van der Waals surface area contributed by atoms with Crippen molar-refractivity contribution in [2.75, 3.05) is 51.3 Å². The first-order chi connectivity index (χ1) is 19.4. The quantitative estimate of drug-likeness (QED) is 0.533. The second kappa shape index (κ2) is 12.5. The number of aryl methyl sites for hydroxylation is 1. The van der Waals surface area contributed by atoms with Gasteiger partial charge in [0.2, 0.25) is 5.56 Å². The number of aromatic nitrogens is 1. The molecule has 6 heteroatoms. The number of pyridine rings is 1. The van der Waals surface area contributed by atoms with E-state index >= 15 is 0 Å². The Morgan fingerprint density at radius 1 is 0.800 bits per heavy atom. The van der Waals surface area contributed by atoms with Crippen LogP contribution >= 0.6 is 0 Å². The average Bonchev–Trinajstić information content (AvgIpc) is 3.77. The van der Waals surface area contributed by atoms with Gasteiger partial charge in [-0.2, -0.15) is 0 Å². The predicted octanol–water partition coefficient (Wildman–Crippen LogP) is 5.15. The maximum atomic E-state index is 11.5. The summed E-state index contributed by atoms with van der Waals surface area (Å²) in [5.74, 6) is 1.48. The molecule has 0 radical (unpaired) electrons. The molecule has 4 heterocycles. The van der Waals surface area contributed by atoms with Gasteiger partial charge in [-0.15, -0.1) is 0 Å². The van der Waals surface area contributed by atoms with Gasteiger partial charge in [-0.1, -0.05) is 38.1 Å². The zero-order valence-corrected chi connectivity index (χ0v) is 25.3. The Balaban J connectivity index is 0.000000153. The van der Waals surface area contributed by atoms with Crippen LogP contribution in [-0.2, 0) is 11.8 Å². The summed E-state index contributed by atoms with van der Waals surface area (Å²) in [6.45, 7) is 14.7. The minimum absolute atomic E-state index is 0.0585. The number of anilines is 1. The molecule has 6 nitrogen and oxygen atoms in total. The Bertz CT molecular complexity index is 1270. The van der Waals surface area contributed by atoms with Gasteiger partial charge in [-0.3, -0.25) is 14.6 Å². The molecule has 0 spiro atoms. The summed E-state index contributed by atoms with van der Waals surface area (Å²) in [6.07, 6.45) is 9.43. The molecule has 2 aromatic rings. The molecule has 3 aliphatic heterocycles. The van der Waals surface area contributed by atoms with Crippen LogP contribution in [0.25, 0.3) is 11.1 Å². The molecule has 5 aliphatic rings. The summed E-state index contributed by atoms with van der Waals surface area (Å²) in [5, 5.41) is 0. The van der Waals surface area contributed by atoms with Crippen molar-refractivity contribution in [3.8, 4) is 0 Å². The lowest BCUT2D eigenvalue weighted by atomic mass is 10.00. The lowest BCUT2D eigenvalue weighted by Gasteiger charge is -2.31. The molecule has 1 aromatic carbocycles. The first-order valence-corrected chi connectivity index (χ1v) is 15.4. The van der Waals surface area contributed by atoms with Gasteiger partial charge in [-0.25, -0.2) is 0 Å². The van der Waals surface area contributed by atoms with Crippen LogP contribution in [-0.4, -0.2) is 78.9 Å². The molecule has 3 saturated heterocycles. The normalized spacial score (nSPS) is 27.2. The van der Waals surface area contributed by atoms with E-state index in [1.807, 2.05) is 33.2 Å². The second-order valence-corrected chi connectivity index (χ2v) is 12.0. The molecule has 216 valence electrons. The van der Waals surface area contributed by atoms with Gasteiger partial charge < -0.3 is 14.2 Å². The van der Waals surface area contributed by atoms with Crippen LogP contribution < -0.4 is 10.5 Å². The Morgan fingerprint density at radius 2 is 1.40 bits per heavy atom. The Kier molecular flexibility index (Phi) is 8.98. The van der Waals surface area contributed by atoms with Crippen molar-refractivity contribution in [2.45, 2.75) is 58.7 Å². The summed E-state index contributed by atoms with van der Waals surface area (Å²) in [7, 11) is 4.07. The first kappa shape index (κ1) is 28.8. The van der Waals surface area contributed by atoms with Crippen molar-refractivity contribution in [1.29, 1.82) is 0 Å². The smallest absolute Gasteiger partial charge is 0.250 e. The van der Waals surface area contributed by atoms with E-state index in [9.17, 15) is 4.79 Å². The summed E-state index contributed by atoms with van der Waals surface area (Å²) >= 11 is 0. The monoisotopic (exact) mass is 544 g/mol. The number of hydrogen-bond donors (Lipinski definition) is 0. The van der Waals surface area contributed by atoms with Gasteiger partial charge in [0.15, 0.2) is 0 Å². The van der Waals surface area contributed by atoms with Crippen molar-refractivity contribution >= 4 is 16.8 Å². The predicted molar refractivity (Wildman–Crippen MR) is 167 cm³/mol. The number of nitrogens with zero attached hydrogens (tertiary/aromatic N) is 4. The highest BCUT2D eigenvalue weighted by Gasteiger charge is 2.40. The van der Waals surface area contributed by atoms with Crippen molar-refractivity contribution in [3.05, 3.63) is 76.2 Å². The SMILES string of the molecule is CC.CC(C)N1CC2C=C(c3ccc(=O)n(C)c3)C1C2.CN1CC2C=C(c3ccc(N4CCOCC4)cc3)C1C2. The van der Waals surface area contributed by atoms with Crippen molar-refractivity contribution in [2.24, 2.45) is 18.9 Å². The Hall–Kier alpha value is -2.67. The maximum Gasteiger partial charge on any atom is 0.250 e. The maximum absolute atomic E-state index is 11.5. The first-order valence-electron chi connectivity index (χ1n) is 15.4. The third-order valence-electron chi connectivity index (χ3n) is 9.16. The van der Waals surface area contributed by atoms with Gasteiger partial charge in [0, 0.05) is 69.3 Å². The molecule has 7 rings (SSSR count). The molecule has 3 fully saturated rings. The molecule has 40 heavy (non-hydrogen) atoms. The number of fused-ring (bicyclic) bond motifs is 4. The van der Waals surface area contributed by atoms with Gasteiger partial charge >= 0.3 is 0 Å². The Morgan fingerprint density at radius 3 is 1.98 bits per heavy atom. The van der Waals surface area contributed by atoms with Crippen LogP contribution in [0.4, 0.5) is 5.69 Å². The van der Waals surface area contributed by atoms with Crippen LogP contribution in [0.15, 0.2) is 59.5 Å². The fraction of sp³-hybridized carbons (Fsp3) is 0.559. The summed E-state index contributed by atoms with van der Waals surface area (Å²) in [4.78, 5) is 18.9. The highest BCUT2D eigenvalue weighted by Crippen LogP contribution is 2.42. The highest BCUT2D eigenvalue weighted by molar-refractivity contribution is 5.74. The number of ether oxygens (including phenoxy) is 1. The Labute approximate surface area is 240 Å². The summed E-state index contributed by atoms with van der Waals surface area (Å²) < 4.78 is 7.08. The summed E-state index contributed by atoms with van der Waals surface area (Å²) in [6, 6.07) is 14.6. The van der Waals surface area contributed by atoms with Gasteiger partial charge in [-0.05, 0) is 86.0 Å². The van der Waals surface area contributed by atoms with E-state index in [-0.39, 0.29) is 5.56 Å². The minimum atomic E-state index is 0.0585. The fourth-order valence-corrected chi connectivity index (χ4v) is 7.17. The van der Waals surface area contributed by atoms with Crippen LogP contribution in [0, 0.1) is 11.8 Å². The largest absolute Gasteiger partial charge is 0.378 e. The molecular formula is C34H48N4O2.